The van der Waals surface area contributed by atoms with Gasteiger partial charge in [0.05, 0.1) is 11.1 Å². The van der Waals surface area contributed by atoms with E-state index in [9.17, 15) is 19.2 Å². The normalized spacial score (nSPS) is 20.5. The second kappa shape index (κ2) is 21.3. The number of rotatable bonds is 16. The molecule has 0 aliphatic heterocycles. The van der Waals surface area contributed by atoms with Crippen LogP contribution >= 0.6 is 0 Å². The van der Waals surface area contributed by atoms with Crippen LogP contribution in [0, 0.1) is 10.8 Å². The minimum Gasteiger partial charge on any atom is -0.482 e. The van der Waals surface area contributed by atoms with Crippen LogP contribution in [0.5, 0.6) is 11.5 Å². The van der Waals surface area contributed by atoms with Crippen molar-refractivity contribution in [1.82, 2.24) is 0 Å². The number of benzene rings is 2. The van der Waals surface area contributed by atoms with Gasteiger partial charge in [0, 0.05) is 12.8 Å². The predicted molar refractivity (Wildman–Crippen MR) is 249 cm³/mol. The lowest BCUT2D eigenvalue weighted by Gasteiger charge is -2.36. The van der Waals surface area contributed by atoms with Gasteiger partial charge in [-0.2, -0.15) is 0 Å². The highest BCUT2D eigenvalue weighted by atomic mass is 16.5. The maximum Gasteiger partial charge on any atom is 0.335 e. The van der Waals surface area contributed by atoms with Crippen LogP contribution in [0.15, 0.2) is 178 Å². The predicted octanol–water partition coefficient (Wildman–Crippen LogP) is 12.5. The van der Waals surface area contributed by atoms with Gasteiger partial charge < -0.3 is 19.7 Å². The molecule has 0 heterocycles. The van der Waals surface area contributed by atoms with E-state index in [1.807, 2.05) is 127 Å². The summed E-state index contributed by atoms with van der Waals surface area (Å²) in [5.74, 6) is -1.23. The highest BCUT2D eigenvalue weighted by Crippen LogP contribution is 2.42. The topological polar surface area (TPSA) is 127 Å². The molecule has 0 aromatic heterocycles. The number of hydrogen-bond donors (Lipinski definition) is 2. The van der Waals surface area contributed by atoms with E-state index in [4.69, 9.17) is 19.7 Å². The van der Waals surface area contributed by atoms with Crippen LogP contribution in [0.4, 0.5) is 0 Å². The second-order valence-corrected chi connectivity index (χ2v) is 17.3. The summed E-state index contributed by atoms with van der Waals surface area (Å²) >= 11 is 0. The Kier molecular flexibility index (Phi) is 16.5. The molecule has 324 valence electrons. The number of carboxylic acids is 2. The average molecular weight is 837 g/mol. The molecule has 0 saturated carbocycles. The van der Waals surface area contributed by atoms with Crippen molar-refractivity contribution in [2.75, 3.05) is 0 Å². The number of Topliss-reactive ketones (excluding diaryl/α,β-unsaturated/α-hetero) is 2. The number of carbonyl (C=O) groups excluding carboxylic acids is 2. The number of hydrogen-bond acceptors (Lipinski definition) is 6. The Morgan fingerprint density at radius 2 is 0.839 bits per heavy atom. The van der Waals surface area contributed by atoms with Crippen LogP contribution in [0.25, 0.3) is 0 Å². The summed E-state index contributed by atoms with van der Waals surface area (Å²) in [6.07, 6.45) is 28.1. The molecular weight excluding hydrogens is 777 g/mol. The van der Waals surface area contributed by atoms with Gasteiger partial charge in [0.25, 0.3) is 0 Å². The fourth-order valence-electron chi connectivity index (χ4n) is 7.44. The van der Waals surface area contributed by atoms with Gasteiger partial charge in [-0.15, -0.1) is 0 Å². The van der Waals surface area contributed by atoms with Gasteiger partial charge in [-0.1, -0.05) is 135 Å². The van der Waals surface area contributed by atoms with Crippen molar-refractivity contribution in [3.63, 3.8) is 0 Å². The van der Waals surface area contributed by atoms with Crippen molar-refractivity contribution in [3.05, 3.63) is 189 Å². The molecule has 2 aliphatic rings. The summed E-state index contributed by atoms with van der Waals surface area (Å²) in [6, 6.07) is 12.2. The number of ether oxygens (including phenoxy) is 2. The molecule has 0 radical (unpaired) electrons. The molecule has 0 spiro atoms. The van der Waals surface area contributed by atoms with E-state index in [1.165, 1.54) is 24.3 Å². The smallest absolute Gasteiger partial charge is 0.335 e. The Morgan fingerprint density at radius 3 is 1.16 bits per heavy atom. The lowest BCUT2D eigenvalue weighted by atomic mass is 9.71. The fourth-order valence-corrected chi connectivity index (χ4v) is 7.44. The summed E-state index contributed by atoms with van der Waals surface area (Å²) < 4.78 is 12.0. The van der Waals surface area contributed by atoms with Crippen LogP contribution in [-0.4, -0.2) is 45.9 Å². The Hall–Kier alpha value is -6.54. The summed E-state index contributed by atoms with van der Waals surface area (Å²) in [7, 11) is 0. The summed E-state index contributed by atoms with van der Waals surface area (Å²) in [5, 5.41) is 18.3. The van der Waals surface area contributed by atoms with Gasteiger partial charge in [0.2, 0.25) is 0 Å². The standard InChI is InChI=1S/C54H60O8/c1-35(17-13-19-37(3)21-31-45-39(5)49(55)47(33-53(45,7)8)61-43-27-23-41(24-28-43)51(57)58)15-11-12-16-36(2)18-14-20-38(4)22-32-46-40(6)50(56)48(34-54(46,9)10)62-44-29-25-42(26-30-44)52(59)60/h11-32,47-48H,33-34H2,1-10H3,(H,57,58)(H,59,60)/b12-11+,17-13+,18-14+,31-21+,32-22+,35-15+,36-16+,37-19+,38-20+. The average Bonchev–Trinajstić information content (AvgIpc) is 3.20. The van der Waals surface area contributed by atoms with Gasteiger partial charge >= 0.3 is 11.9 Å². The van der Waals surface area contributed by atoms with Crippen molar-refractivity contribution in [2.24, 2.45) is 10.8 Å². The van der Waals surface area contributed by atoms with Gasteiger partial charge in [0.15, 0.2) is 23.8 Å². The molecule has 0 bridgehead atoms. The molecule has 2 aromatic rings. The minimum atomic E-state index is -1.01. The molecule has 8 heteroatoms. The molecule has 4 rings (SSSR count). The highest BCUT2D eigenvalue weighted by molar-refractivity contribution is 6.01. The molecule has 2 N–H and O–H groups in total. The van der Waals surface area contributed by atoms with E-state index in [2.05, 4.69) is 27.7 Å². The second-order valence-electron chi connectivity index (χ2n) is 17.3. The van der Waals surface area contributed by atoms with Gasteiger partial charge in [-0.05, 0) is 123 Å². The first-order valence-corrected chi connectivity index (χ1v) is 20.8. The third-order valence-electron chi connectivity index (χ3n) is 11.0. The van der Waals surface area contributed by atoms with Gasteiger partial charge in [-0.25, -0.2) is 9.59 Å². The molecule has 2 aliphatic carbocycles. The van der Waals surface area contributed by atoms with Gasteiger partial charge in [0.1, 0.15) is 11.5 Å². The molecule has 2 atom stereocenters. The quantitative estimate of drug-likeness (QED) is 0.160. The molecule has 62 heavy (non-hydrogen) atoms. The van der Waals surface area contributed by atoms with Crippen LogP contribution in [-0.2, 0) is 9.59 Å². The Morgan fingerprint density at radius 1 is 0.532 bits per heavy atom. The number of carbonyl (C=O) groups is 4. The number of carboxylic acid groups (broad SMARTS) is 2. The van der Waals surface area contributed by atoms with E-state index in [0.29, 0.717) is 35.5 Å². The zero-order chi connectivity index (χ0) is 45.8. The van der Waals surface area contributed by atoms with Crippen LogP contribution < -0.4 is 9.47 Å². The zero-order valence-electron chi connectivity index (χ0n) is 37.6. The molecule has 8 nitrogen and oxygen atoms in total. The van der Waals surface area contributed by atoms with Crippen molar-refractivity contribution < 1.29 is 38.9 Å². The van der Waals surface area contributed by atoms with E-state index in [0.717, 1.165) is 33.4 Å². The lowest BCUT2D eigenvalue weighted by Crippen LogP contribution is -2.39. The van der Waals surface area contributed by atoms with Crippen LogP contribution in [0.2, 0.25) is 0 Å². The number of ketones is 2. The van der Waals surface area contributed by atoms with Crippen molar-refractivity contribution in [1.29, 1.82) is 0 Å². The first-order chi connectivity index (χ1) is 29.2. The van der Waals surface area contributed by atoms with Gasteiger partial charge in [-0.3, -0.25) is 9.59 Å². The Labute approximate surface area is 367 Å². The molecule has 0 saturated heterocycles. The Balaban J connectivity index is 1.29. The zero-order valence-corrected chi connectivity index (χ0v) is 37.6. The van der Waals surface area contributed by atoms with Crippen LogP contribution in [0.1, 0.15) is 103 Å². The van der Waals surface area contributed by atoms with E-state index < -0.39 is 24.1 Å². The number of aromatic carboxylic acids is 2. The van der Waals surface area contributed by atoms with E-state index in [1.54, 1.807) is 24.3 Å². The Bertz CT molecular complexity index is 2210. The third kappa shape index (κ3) is 13.5. The lowest BCUT2D eigenvalue weighted by molar-refractivity contribution is -0.124. The minimum absolute atomic E-state index is 0.0690. The first kappa shape index (κ1) is 48.1. The fraction of sp³-hybridized carbons (Fsp3) is 0.296. The third-order valence-corrected chi connectivity index (χ3v) is 11.0. The molecule has 2 unspecified atom stereocenters. The maximum absolute atomic E-state index is 13.3. The number of allylic oxidation sites excluding steroid dienone is 20. The summed E-state index contributed by atoms with van der Waals surface area (Å²) in [5.41, 5.74) is 7.25. The van der Waals surface area contributed by atoms with Crippen LogP contribution in [0.3, 0.4) is 0 Å². The highest BCUT2D eigenvalue weighted by Gasteiger charge is 2.40. The largest absolute Gasteiger partial charge is 0.482 e. The first-order valence-electron chi connectivity index (χ1n) is 20.8. The SMILES string of the molecule is CC1=C(/C=C/C(C)=C/C=C/C(C)=C/C=C/C=C(C)/C=C/C=C(C)/C=C/C2=C(C)C(=O)C(Oc3ccc(C(=O)O)cc3)CC2(C)C)C(C)(C)CC(Oc2ccc(C(=O)O)cc2)C1=O. The summed E-state index contributed by atoms with van der Waals surface area (Å²) in [4.78, 5) is 48.9. The molecule has 0 fully saturated rings. The van der Waals surface area contributed by atoms with Crippen molar-refractivity contribution in [2.45, 2.75) is 94.3 Å². The van der Waals surface area contributed by atoms with Crippen molar-refractivity contribution >= 4 is 23.5 Å². The molecule has 2 aromatic carbocycles. The van der Waals surface area contributed by atoms with E-state index in [-0.39, 0.29) is 33.5 Å². The molecular formula is C54H60O8. The van der Waals surface area contributed by atoms with E-state index >= 15 is 0 Å². The monoisotopic (exact) mass is 836 g/mol. The summed E-state index contributed by atoms with van der Waals surface area (Å²) in [6.45, 7) is 20.2. The van der Waals surface area contributed by atoms with Crippen molar-refractivity contribution in [3.8, 4) is 11.5 Å². The molecule has 0 amide bonds. The maximum atomic E-state index is 13.3.